The van der Waals surface area contributed by atoms with Crippen molar-refractivity contribution >= 4 is 35.2 Å². The number of anilines is 1. The number of hydrogen-bond donors (Lipinski definition) is 3. The van der Waals surface area contributed by atoms with E-state index in [4.69, 9.17) is 0 Å². The zero-order valence-corrected chi connectivity index (χ0v) is 20.8. The highest BCUT2D eigenvalue weighted by Crippen LogP contribution is 2.66. The average Bonchev–Trinajstić information content (AvgIpc) is 3.48. The molecule has 5 rings (SSSR count). The third-order valence-electron chi connectivity index (χ3n) is 7.73. The maximum atomic E-state index is 13.8. The second kappa shape index (κ2) is 9.32. The van der Waals surface area contributed by atoms with Crippen LogP contribution in [0.2, 0.25) is 0 Å². The van der Waals surface area contributed by atoms with Gasteiger partial charge in [-0.2, -0.15) is 0 Å². The van der Waals surface area contributed by atoms with Crippen LogP contribution in [0, 0.1) is 25.7 Å². The van der Waals surface area contributed by atoms with E-state index in [1.54, 1.807) is 11.8 Å². The number of carbonyl (C=O) groups is 3. The number of nitrogens with zero attached hydrogens (tertiary/aromatic N) is 1. The number of aryl methyl sites for hydroxylation is 2. The SMILES string of the molecule is Cc1cccc(C)c1NC(=O)C1N(CCO)C(=O)[C@@H]2[C@H](C(=O)NCc3ccccc3)[C@@H]3CCC12S3. The van der Waals surface area contributed by atoms with E-state index in [1.165, 1.54) is 4.90 Å². The molecule has 3 aliphatic rings. The Kier molecular flexibility index (Phi) is 6.36. The summed E-state index contributed by atoms with van der Waals surface area (Å²) in [6, 6.07) is 14.8. The Morgan fingerprint density at radius 2 is 1.80 bits per heavy atom. The third kappa shape index (κ3) is 3.93. The molecular formula is C27H31N3O4S. The quantitative estimate of drug-likeness (QED) is 0.551. The van der Waals surface area contributed by atoms with Crippen molar-refractivity contribution in [3.05, 3.63) is 65.2 Å². The van der Waals surface area contributed by atoms with Gasteiger partial charge in [0.15, 0.2) is 0 Å². The zero-order valence-electron chi connectivity index (χ0n) is 20.0. The summed E-state index contributed by atoms with van der Waals surface area (Å²) in [6.45, 7) is 4.13. The number of para-hydroxylation sites is 1. The van der Waals surface area contributed by atoms with E-state index in [1.807, 2.05) is 62.4 Å². The first-order valence-electron chi connectivity index (χ1n) is 12.2. The van der Waals surface area contributed by atoms with Gasteiger partial charge in [-0.05, 0) is 43.4 Å². The van der Waals surface area contributed by atoms with Gasteiger partial charge in [0.25, 0.3) is 0 Å². The lowest BCUT2D eigenvalue weighted by Gasteiger charge is -2.34. The molecule has 8 heteroatoms. The molecule has 0 radical (unpaired) electrons. The van der Waals surface area contributed by atoms with Gasteiger partial charge in [-0.15, -0.1) is 11.8 Å². The van der Waals surface area contributed by atoms with E-state index >= 15 is 0 Å². The first kappa shape index (κ1) is 23.9. The molecule has 35 heavy (non-hydrogen) atoms. The van der Waals surface area contributed by atoms with E-state index in [9.17, 15) is 19.5 Å². The topological polar surface area (TPSA) is 98.7 Å². The van der Waals surface area contributed by atoms with Crippen LogP contribution in [-0.2, 0) is 20.9 Å². The maximum absolute atomic E-state index is 13.8. The Morgan fingerprint density at radius 1 is 1.09 bits per heavy atom. The van der Waals surface area contributed by atoms with E-state index in [2.05, 4.69) is 10.6 Å². The Labute approximate surface area is 209 Å². The number of hydrogen-bond acceptors (Lipinski definition) is 5. The summed E-state index contributed by atoms with van der Waals surface area (Å²) in [5.41, 5.74) is 3.65. The molecule has 3 fully saturated rings. The number of nitrogens with one attached hydrogen (secondary N) is 2. The molecule has 2 unspecified atom stereocenters. The van der Waals surface area contributed by atoms with Gasteiger partial charge in [-0.25, -0.2) is 0 Å². The van der Waals surface area contributed by atoms with Gasteiger partial charge in [0.2, 0.25) is 17.7 Å². The second-order valence-electron chi connectivity index (χ2n) is 9.77. The number of aliphatic hydroxyl groups excluding tert-OH is 1. The van der Waals surface area contributed by atoms with Crippen molar-refractivity contribution < 1.29 is 19.5 Å². The summed E-state index contributed by atoms with van der Waals surface area (Å²) < 4.78 is -0.660. The monoisotopic (exact) mass is 493 g/mol. The molecule has 3 saturated heterocycles. The van der Waals surface area contributed by atoms with Gasteiger partial charge in [-0.1, -0.05) is 48.5 Å². The molecule has 0 aromatic heterocycles. The summed E-state index contributed by atoms with van der Waals surface area (Å²) >= 11 is 1.63. The summed E-state index contributed by atoms with van der Waals surface area (Å²) in [7, 11) is 0. The van der Waals surface area contributed by atoms with Crippen LogP contribution in [0.1, 0.15) is 29.5 Å². The van der Waals surface area contributed by atoms with Crippen LogP contribution in [0.15, 0.2) is 48.5 Å². The number of carbonyl (C=O) groups excluding carboxylic acids is 3. The zero-order chi connectivity index (χ0) is 24.7. The summed E-state index contributed by atoms with van der Waals surface area (Å²) in [5.74, 6) is -1.63. The van der Waals surface area contributed by atoms with Crippen LogP contribution >= 0.6 is 11.8 Å². The van der Waals surface area contributed by atoms with Gasteiger partial charge >= 0.3 is 0 Å². The molecule has 0 saturated carbocycles. The molecule has 3 heterocycles. The number of rotatable bonds is 7. The molecule has 5 atom stereocenters. The number of fused-ring (bicyclic) bond motifs is 1. The molecular weight excluding hydrogens is 462 g/mol. The first-order chi connectivity index (χ1) is 16.9. The lowest BCUT2D eigenvalue weighted by atomic mass is 9.70. The number of benzene rings is 2. The molecule has 3 amide bonds. The third-order valence-corrected chi connectivity index (χ3v) is 9.68. The van der Waals surface area contributed by atoms with Crippen molar-refractivity contribution in [1.29, 1.82) is 0 Å². The van der Waals surface area contributed by atoms with Crippen LogP contribution in [0.25, 0.3) is 0 Å². The number of likely N-dealkylation sites (tertiary alicyclic amines) is 1. The molecule has 1 spiro atoms. The van der Waals surface area contributed by atoms with Crippen LogP contribution in [0.5, 0.6) is 0 Å². The van der Waals surface area contributed by atoms with E-state index in [-0.39, 0.29) is 36.1 Å². The van der Waals surface area contributed by atoms with Crippen molar-refractivity contribution in [3.63, 3.8) is 0 Å². The summed E-state index contributed by atoms with van der Waals surface area (Å²) in [6.07, 6.45) is 1.49. The molecule has 184 valence electrons. The average molecular weight is 494 g/mol. The van der Waals surface area contributed by atoms with E-state index < -0.39 is 22.6 Å². The predicted octanol–water partition coefficient (Wildman–Crippen LogP) is 2.64. The van der Waals surface area contributed by atoms with Gasteiger partial charge in [0.05, 0.1) is 23.2 Å². The van der Waals surface area contributed by atoms with Crippen LogP contribution in [0.4, 0.5) is 5.69 Å². The number of β-amino-alcohol motifs (C(OH)–C–C–N with tert-alkyl or cyclic N) is 1. The summed E-state index contributed by atoms with van der Waals surface area (Å²) in [4.78, 5) is 42.3. The maximum Gasteiger partial charge on any atom is 0.248 e. The van der Waals surface area contributed by atoms with Crippen molar-refractivity contribution in [2.45, 2.75) is 49.3 Å². The molecule has 0 aliphatic carbocycles. The highest BCUT2D eigenvalue weighted by molar-refractivity contribution is 8.02. The summed E-state index contributed by atoms with van der Waals surface area (Å²) in [5, 5.41) is 15.8. The highest BCUT2D eigenvalue weighted by Gasteiger charge is 2.73. The Bertz CT molecular complexity index is 1140. The fraction of sp³-hybridized carbons (Fsp3) is 0.444. The number of amides is 3. The van der Waals surface area contributed by atoms with E-state index in [0.717, 1.165) is 28.8 Å². The Balaban J connectivity index is 1.42. The fourth-order valence-corrected chi connectivity index (χ4v) is 8.43. The molecule has 3 N–H and O–H groups in total. The van der Waals surface area contributed by atoms with Gasteiger partial charge in [0.1, 0.15) is 6.04 Å². The van der Waals surface area contributed by atoms with Crippen LogP contribution in [0.3, 0.4) is 0 Å². The van der Waals surface area contributed by atoms with Crippen molar-refractivity contribution in [2.75, 3.05) is 18.5 Å². The van der Waals surface area contributed by atoms with Crippen molar-refractivity contribution in [2.24, 2.45) is 11.8 Å². The Hall–Kier alpha value is -2.84. The molecule has 3 aliphatic heterocycles. The minimum Gasteiger partial charge on any atom is -0.395 e. The lowest BCUT2D eigenvalue weighted by molar-refractivity contribution is -0.139. The molecule has 2 aromatic rings. The largest absolute Gasteiger partial charge is 0.395 e. The van der Waals surface area contributed by atoms with Crippen LogP contribution in [-0.4, -0.2) is 56.9 Å². The van der Waals surface area contributed by atoms with Gasteiger partial charge in [0, 0.05) is 24.0 Å². The lowest BCUT2D eigenvalue weighted by Crippen LogP contribution is -2.52. The number of aliphatic hydroxyl groups is 1. The van der Waals surface area contributed by atoms with Gasteiger partial charge in [-0.3, -0.25) is 14.4 Å². The predicted molar refractivity (Wildman–Crippen MR) is 136 cm³/mol. The minimum absolute atomic E-state index is 0.00602. The van der Waals surface area contributed by atoms with E-state index in [0.29, 0.717) is 13.0 Å². The highest BCUT2D eigenvalue weighted by atomic mass is 32.2. The normalized spacial score (nSPS) is 28.8. The standard InChI is InChI=1S/C27H31N3O4S/c1-16-7-6-8-17(2)22(16)29-25(33)23-27-12-11-19(35-27)20(21(27)26(34)30(23)13-14-31)24(32)28-15-18-9-4-3-5-10-18/h3-10,19-21,23,31H,11-15H2,1-2H3,(H,28,32)(H,29,33)/t19-,20+,21-,23?,27?/m0/s1. The van der Waals surface area contributed by atoms with Crippen molar-refractivity contribution in [3.8, 4) is 0 Å². The van der Waals surface area contributed by atoms with Crippen molar-refractivity contribution in [1.82, 2.24) is 10.2 Å². The molecule has 7 nitrogen and oxygen atoms in total. The van der Waals surface area contributed by atoms with Crippen LogP contribution < -0.4 is 10.6 Å². The van der Waals surface area contributed by atoms with Gasteiger partial charge < -0.3 is 20.6 Å². The second-order valence-corrected chi connectivity index (χ2v) is 11.4. The first-order valence-corrected chi connectivity index (χ1v) is 13.0. The Morgan fingerprint density at radius 3 is 2.49 bits per heavy atom. The molecule has 2 bridgehead atoms. The smallest absolute Gasteiger partial charge is 0.248 e. The molecule has 2 aromatic carbocycles. The fourth-order valence-electron chi connectivity index (χ4n) is 6.21. The number of thioether (sulfide) groups is 1. The minimum atomic E-state index is -0.729.